The summed E-state index contributed by atoms with van der Waals surface area (Å²) in [6, 6.07) is 4.30. The lowest BCUT2D eigenvalue weighted by molar-refractivity contribution is 0.105. The summed E-state index contributed by atoms with van der Waals surface area (Å²) in [7, 11) is 0. The maximum absolute atomic E-state index is 13.2. The van der Waals surface area contributed by atoms with Crippen molar-refractivity contribution in [2.75, 3.05) is 19.7 Å². The van der Waals surface area contributed by atoms with Crippen LogP contribution in [0, 0.1) is 5.82 Å². The minimum Gasteiger partial charge on any atom is -0.486 e. The lowest BCUT2D eigenvalue weighted by atomic mass is 10.3. The molecule has 16 heavy (non-hydrogen) atoms. The quantitative estimate of drug-likeness (QED) is 0.806. The van der Waals surface area contributed by atoms with Crippen LogP contribution in [0.4, 0.5) is 4.39 Å². The molecule has 1 atom stereocenters. The lowest BCUT2D eigenvalue weighted by Crippen LogP contribution is -2.31. The van der Waals surface area contributed by atoms with Crippen LogP contribution in [-0.2, 0) is 0 Å². The van der Waals surface area contributed by atoms with E-state index >= 15 is 0 Å². The molecule has 1 rings (SSSR count). The molecule has 3 nitrogen and oxygen atoms in total. The van der Waals surface area contributed by atoms with Crippen LogP contribution >= 0.6 is 11.6 Å². The standard InChI is InChI=1S/C11H15ClFNO2/c1-2-14-6-8(15)7-16-11-9(12)4-3-5-10(11)13/h3-5,8,14-15H,2,6-7H2,1H3. The highest BCUT2D eigenvalue weighted by atomic mass is 35.5. The van der Waals surface area contributed by atoms with E-state index in [0.29, 0.717) is 6.54 Å². The number of hydrogen-bond donors (Lipinski definition) is 2. The van der Waals surface area contributed by atoms with Crippen LogP contribution in [0.5, 0.6) is 5.75 Å². The average molecular weight is 248 g/mol. The molecular formula is C11H15ClFNO2. The normalized spacial score (nSPS) is 12.5. The fraction of sp³-hybridized carbons (Fsp3) is 0.455. The number of halogens is 2. The van der Waals surface area contributed by atoms with E-state index < -0.39 is 11.9 Å². The topological polar surface area (TPSA) is 41.5 Å². The molecule has 0 fully saturated rings. The van der Waals surface area contributed by atoms with Crippen molar-refractivity contribution in [2.45, 2.75) is 13.0 Å². The molecular weight excluding hydrogens is 233 g/mol. The number of benzene rings is 1. The van der Waals surface area contributed by atoms with Gasteiger partial charge in [0.15, 0.2) is 11.6 Å². The van der Waals surface area contributed by atoms with Gasteiger partial charge in [0.25, 0.3) is 0 Å². The first-order valence-electron chi connectivity index (χ1n) is 5.10. The SMILES string of the molecule is CCNCC(O)COc1c(F)cccc1Cl. The van der Waals surface area contributed by atoms with Crippen molar-refractivity contribution in [1.29, 1.82) is 0 Å². The molecule has 0 heterocycles. The van der Waals surface area contributed by atoms with Crippen molar-refractivity contribution in [3.05, 3.63) is 29.0 Å². The summed E-state index contributed by atoms with van der Waals surface area (Å²) in [6.07, 6.45) is -0.685. The highest BCUT2D eigenvalue weighted by molar-refractivity contribution is 6.32. The van der Waals surface area contributed by atoms with Crippen molar-refractivity contribution in [2.24, 2.45) is 0 Å². The Labute approximate surface area is 99.2 Å². The first-order valence-corrected chi connectivity index (χ1v) is 5.48. The van der Waals surface area contributed by atoms with Crippen LogP contribution < -0.4 is 10.1 Å². The van der Waals surface area contributed by atoms with Crippen LogP contribution in [0.3, 0.4) is 0 Å². The smallest absolute Gasteiger partial charge is 0.173 e. The van der Waals surface area contributed by atoms with E-state index in [1.165, 1.54) is 18.2 Å². The minimum absolute atomic E-state index is 0.00759. The Bertz CT molecular complexity index is 316. The predicted octanol–water partition coefficient (Wildman–Crippen LogP) is 1.83. The Balaban J connectivity index is 2.48. The summed E-state index contributed by atoms with van der Waals surface area (Å²) >= 11 is 5.76. The van der Waals surface area contributed by atoms with Crippen LogP contribution in [0.1, 0.15) is 6.92 Å². The van der Waals surface area contributed by atoms with Crippen molar-refractivity contribution >= 4 is 11.6 Å². The van der Waals surface area contributed by atoms with E-state index in [9.17, 15) is 9.50 Å². The molecule has 5 heteroatoms. The Morgan fingerprint density at radius 3 is 2.94 bits per heavy atom. The molecule has 0 aliphatic rings. The van der Waals surface area contributed by atoms with E-state index in [2.05, 4.69) is 5.32 Å². The van der Waals surface area contributed by atoms with Gasteiger partial charge < -0.3 is 15.2 Å². The zero-order valence-electron chi connectivity index (χ0n) is 9.04. The van der Waals surface area contributed by atoms with Gasteiger partial charge in [-0.15, -0.1) is 0 Å². The molecule has 0 bridgehead atoms. The number of rotatable bonds is 6. The van der Waals surface area contributed by atoms with Gasteiger partial charge in [-0.25, -0.2) is 4.39 Å². The Hall–Kier alpha value is -0.840. The maximum Gasteiger partial charge on any atom is 0.173 e. The molecule has 0 aliphatic carbocycles. The molecule has 0 saturated carbocycles. The third-order valence-electron chi connectivity index (χ3n) is 1.97. The van der Waals surface area contributed by atoms with Crippen molar-refractivity contribution in [1.82, 2.24) is 5.32 Å². The number of aliphatic hydroxyl groups is 1. The van der Waals surface area contributed by atoms with Gasteiger partial charge in [-0.2, -0.15) is 0 Å². The van der Waals surface area contributed by atoms with E-state index in [1.807, 2.05) is 6.92 Å². The Kier molecular flexibility index (Phi) is 5.52. The molecule has 0 spiro atoms. The number of aliphatic hydroxyl groups excluding tert-OH is 1. The summed E-state index contributed by atoms with van der Waals surface area (Å²) in [5.41, 5.74) is 0. The van der Waals surface area contributed by atoms with E-state index in [-0.39, 0.29) is 17.4 Å². The number of para-hydroxylation sites is 1. The van der Waals surface area contributed by atoms with Gasteiger partial charge in [-0.3, -0.25) is 0 Å². The minimum atomic E-state index is -0.685. The number of hydrogen-bond acceptors (Lipinski definition) is 3. The van der Waals surface area contributed by atoms with Gasteiger partial charge in [-0.05, 0) is 18.7 Å². The second-order valence-corrected chi connectivity index (χ2v) is 3.73. The van der Waals surface area contributed by atoms with Crippen molar-refractivity contribution < 1.29 is 14.2 Å². The van der Waals surface area contributed by atoms with E-state index in [1.54, 1.807) is 0 Å². The molecule has 0 aromatic heterocycles. The zero-order valence-corrected chi connectivity index (χ0v) is 9.80. The monoisotopic (exact) mass is 247 g/mol. The highest BCUT2D eigenvalue weighted by Gasteiger charge is 2.10. The number of ether oxygens (including phenoxy) is 1. The fourth-order valence-electron chi connectivity index (χ4n) is 1.17. The third-order valence-corrected chi connectivity index (χ3v) is 2.27. The number of nitrogens with one attached hydrogen (secondary N) is 1. The predicted molar refractivity (Wildman–Crippen MR) is 61.5 cm³/mol. The van der Waals surface area contributed by atoms with Gasteiger partial charge in [-0.1, -0.05) is 24.6 Å². The van der Waals surface area contributed by atoms with Crippen molar-refractivity contribution in [3.8, 4) is 5.75 Å². The van der Waals surface area contributed by atoms with Gasteiger partial charge >= 0.3 is 0 Å². The molecule has 0 amide bonds. The van der Waals surface area contributed by atoms with Crippen molar-refractivity contribution in [3.63, 3.8) is 0 Å². The van der Waals surface area contributed by atoms with Gasteiger partial charge in [0.05, 0.1) is 5.02 Å². The van der Waals surface area contributed by atoms with Crippen LogP contribution in [0.2, 0.25) is 5.02 Å². The summed E-state index contributed by atoms with van der Waals surface area (Å²) in [5.74, 6) is -0.539. The second-order valence-electron chi connectivity index (χ2n) is 3.32. The molecule has 0 saturated heterocycles. The molecule has 1 unspecified atom stereocenters. The average Bonchev–Trinajstić information content (AvgIpc) is 2.25. The molecule has 1 aromatic carbocycles. The highest BCUT2D eigenvalue weighted by Crippen LogP contribution is 2.27. The van der Waals surface area contributed by atoms with E-state index in [4.69, 9.17) is 16.3 Å². The summed E-state index contributed by atoms with van der Waals surface area (Å²) < 4.78 is 18.4. The molecule has 1 aromatic rings. The molecule has 90 valence electrons. The first kappa shape index (κ1) is 13.2. The Morgan fingerprint density at radius 1 is 1.56 bits per heavy atom. The Morgan fingerprint density at radius 2 is 2.31 bits per heavy atom. The van der Waals surface area contributed by atoms with Gasteiger partial charge in [0.2, 0.25) is 0 Å². The third kappa shape index (κ3) is 3.96. The molecule has 0 aliphatic heterocycles. The first-order chi connectivity index (χ1) is 7.65. The van der Waals surface area contributed by atoms with Crippen LogP contribution in [0.25, 0.3) is 0 Å². The van der Waals surface area contributed by atoms with Crippen LogP contribution in [-0.4, -0.2) is 30.9 Å². The zero-order chi connectivity index (χ0) is 12.0. The summed E-state index contributed by atoms with van der Waals surface area (Å²) in [5, 5.41) is 12.6. The fourth-order valence-corrected chi connectivity index (χ4v) is 1.39. The van der Waals surface area contributed by atoms with Crippen LogP contribution in [0.15, 0.2) is 18.2 Å². The maximum atomic E-state index is 13.2. The molecule has 0 radical (unpaired) electrons. The molecule has 2 N–H and O–H groups in total. The largest absolute Gasteiger partial charge is 0.486 e. The van der Waals surface area contributed by atoms with E-state index in [0.717, 1.165) is 6.54 Å². The van der Waals surface area contributed by atoms with Gasteiger partial charge in [0, 0.05) is 6.54 Å². The number of likely N-dealkylation sites (N-methyl/N-ethyl adjacent to an activating group) is 1. The second kappa shape index (κ2) is 6.68. The summed E-state index contributed by atoms with van der Waals surface area (Å²) in [4.78, 5) is 0. The van der Waals surface area contributed by atoms with Gasteiger partial charge in [0.1, 0.15) is 12.7 Å². The summed E-state index contributed by atoms with van der Waals surface area (Å²) in [6.45, 7) is 3.11. The lowest BCUT2D eigenvalue weighted by Gasteiger charge is -2.13.